The number of rotatable bonds is 8. The number of hydrogen-bond acceptors (Lipinski definition) is 3. The predicted molar refractivity (Wildman–Crippen MR) is 112 cm³/mol. The highest BCUT2D eigenvalue weighted by molar-refractivity contribution is 5.79. The van der Waals surface area contributed by atoms with Crippen LogP contribution in [0.4, 0.5) is 0 Å². The Bertz CT molecular complexity index is 864. The fraction of sp³-hybridized carbons (Fsp3) is 0.208. The Morgan fingerprint density at radius 2 is 1.46 bits per heavy atom. The van der Waals surface area contributed by atoms with Crippen LogP contribution >= 0.6 is 0 Å². The van der Waals surface area contributed by atoms with E-state index in [1.54, 1.807) is 7.11 Å². The molecule has 3 aromatic carbocycles. The first kappa shape index (κ1) is 19.6. The number of nitrogens with one attached hydrogen (secondary N) is 1. The number of carbonyl (C=O) groups excluding carboxylic acids is 1. The molecule has 0 heterocycles. The van der Waals surface area contributed by atoms with Crippen molar-refractivity contribution >= 4 is 5.91 Å². The van der Waals surface area contributed by atoms with Gasteiger partial charge >= 0.3 is 0 Å². The monoisotopic (exact) mass is 374 g/mol. The van der Waals surface area contributed by atoms with E-state index in [1.165, 1.54) is 5.56 Å². The lowest BCUT2D eigenvalue weighted by Crippen LogP contribution is -2.37. The number of hydrogen-bond donors (Lipinski definition) is 1. The van der Waals surface area contributed by atoms with Gasteiger partial charge in [0.1, 0.15) is 5.75 Å². The molecule has 0 spiro atoms. The zero-order valence-electron chi connectivity index (χ0n) is 16.3. The van der Waals surface area contributed by atoms with Crippen LogP contribution in [0.2, 0.25) is 0 Å². The van der Waals surface area contributed by atoms with Gasteiger partial charge in [0.25, 0.3) is 0 Å². The first-order valence-electron chi connectivity index (χ1n) is 9.36. The number of methoxy groups -OCH3 is 1. The molecule has 0 aliphatic heterocycles. The molecule has 4 heteroatoms. The third kappa shape index (κ3) is 5.44. The van der Waals surface area contributed by atoms with Gasteiger partial charge in [-0.15, -0.1) is 0 Å². The van der Waals surface area contributed by atoms with Crippen LogP contribution in [0, 0.1) is 0 Å². The number of nitrogens with zero attached hydrogens (tertiary/aromatic N) is 1. The summed E-state index contributed by atoms with van der Waals surface area (Å²) in [7, 11) is 3.60. The minimum absolute atomic E-state index is 0.0110. The lowest BCUT2D eigenvalue weighted by molar-refractivity contribution is -0.122. The SMILES string of the molecule is COc1ccc([C@H](NC(=O)CN(C)Cc2ccccc2)c2ccccc2)cc1. The Morgan fingerprint density at radius 1 is 0.893 bits per heavy atom. The summed E-state index contributed by atoms with van der Waals surface area (Å²) in [4.78, 5) is 14.8. The fourth-order valence-electron chi connectivity index (χ4n) is 3.20. The molecule has 0 aromatic heterocycles. The lowest BCUT2D eigenvalue weighted by atomic mass is 9.98. The minimum atomic E-state index is -0.204. The van der Waals surface area contributed by atoms with Crippen LogP contribution < -0.4 is 10.1 Å². The molecule has 0 aliphatic rings. The third-order valence-electron chi connectivity index (χ3n) is 4.60. The van der Waals surface area contributed by atoms with Gasteiger partial charge in [-0.05, 0) is 35.9 Å². The summed E-state index contributed by atoms with van der Waals surface area (Å²) in [5.74, 6) is 0.785. The van der Waals surface area contributed by atoms with E-state index < -0.39 is 0 Å². The largest absolute Gasteiger partial charge is 0.497 e. The third-order valence-corrected chi connectivity index (χ3v) is 4.60. The summed E-state index contributed by atoms with van der Waals surface area (Å²) < 4.78 is 5.25. The Labute approximate surface area is 166 Å². The molecule has 0 aliphatic carbocycles. The summed E-state index contributed by atoms with van der Waals surface area (Å²) in [6.07, 6.45) is 0. The minimum Gasteiger partial charge on any atom is -0.497 e. The maximum absolute atomic E-state index is 12.7. The first-order valence-corrected chi connectivity index (χ1v) is 9.36. The van der Waals surface area contributed by atoms with Gasteiger partial charge in [-0.1, -0.05) is 72.8 Å². The van der Waals surface area contributed by atoms with Gasteiger partial charge in [-0.25, -0.2) is 0 Å². The summed E-state index contributed by atoms with van der Waals surface area (Å²) in [6, 6.07) is 27.8. The number of ether oxygens (including phenoxy) is 1. The van der Waals surface area contributed by atoms with E-state index in [-0.39, 0.29) is 11.9 Å². The van der Waals surface area contributed by atoms with Crippen molar-refractivity contribution in [1.82, 2.24) is 10.2 Å². The molecule has 3 rings (SSSR count). The highest BCUT2D eigenvalue weighted by Crippen LogP contribution is 2.24. The van der Waals surface area contributed by atoms with Crippen LogP contribution in [0.15, 0.2) is 84.9 Å². The Morgan fingerprint density at radius 3 is 2.07 bits per heavy atom. The quantitative estimate of drug-likeness (QED) is 0.647. The molecule has 3 aromatic rings. The first-order chi connectivity index (χ1) is 13.7. The second-order valence-electron chi connectivity index (χ2n) is 6.84. The van der Waals surface area contributed by atoms with Gasteiger partial charge in [0.05, 0.1) is 19.7 Å². The van der Waals surface area contributed by atoms with Crippen LogP contribution in [0.25, 0.3) is 0 Å². The molecule has 0 bridgehead atoms. The molecule has 1 N–H and O–H groups in total. The summed E-state index contributed by atoms with van der Waals surface area (Å²) >= 11 is 0. The zero-order valence-corrected chi connectivity index (χ0v) is 16.3. The van der Waals surface area contributed by atoms with E-state index in [9.17, 15) is 4.79 Å². The molecular formula is C24H26N2O2. The molecule has 144 valence electrons. The van der Waals surface area contributed by atoms with E-state index in [2.05, 4.69) is 17.4 Å². The van der Waals surface area contributed by atoms with Crippen molar-refractivity contribution in [3.8, 4) is 5.75 Å². The topological polar surface area (TPSA) is 41.6 Å². The van der Waals surface area contributed by atoms with Crippen molar-refractivity contribution in [3.63, 3.8) is 0 Å². The van der Waals surface area contributed by atoms with Gasteiger partial charge in [0.2, 0.25) is 5.91 Å². The molecule has 1 amide bonds. The van der Waals surface area contributed by atoms with Gasteiger partial charge in [-0.2, -0.15) is 0 Å². The molecule has 4 nitrogen and oxygen atoms in total. The van der Waals surface area contributed by atoms with Crippen LogP contribution in [-0.2, 0) is 11.3 Å². The lowest BCUT2D eigenvalue weighted by Gasteiger charge is -2.22. The summed E-state index contributed by atoms with van der Waals surface area (Å²) in [5, 5.41) is 3.18. The van der Waals surface area contributed by atoms with Crippen LogP contribution in [0.1, 0.15) is 22.7 Å². The van der Waals surface area contributed by atoms with Crippen molar-refractivity contribution in [2.24, 2.45) is 0 Å². The van der Waals surface area contributed by atoms with E-state index >= 15 is 0 Å². The summed E-state index contributed by atoms with van der Waals surface area (Å²) in [5.41, 5.74) is 3.25. The van der Waals surface area contributed by atoms with Gasteiger partial charge in [0, 0.05) is 6.54 Å². The second-order valence-corrected chi connectivity index (χ2v) is 6.84. The van der Waals surface area contributed by atoms with E-state index in [1.807, 2.05) is 84.7 Å². The van der Waals surface area contributed by atoms with Crippen LogP contribution in [-0.4, -0.2) is 31.5 Å². The van der Waals surface area contributed by atoms with Crippen LogP contribution in [0.3, 0.4) is 0 Å². The molecule has 0 saturated heterocycles. The van der Waals surface area contributed by atoms with Crippen molar-refractivity contribution in [3.05, 3.63) is 102 Å². The van der Waals surface area contributed by atoms with E-state index in [0.29, 0.717) is 6.54 Å². The number of likely N-dealkylation sites (N-methyl/N-ethyl adjacent to an activating group) is 1. The standard InChI is InChI=1S/C24H26N2O2/c1-26(17-19-9-5-3-6-10-19)18-23(27)25-24(20-11-7-4-8-12-20)21-13-15-22(28-2)16-14-21/h3-16,24H,17-18H2,1-2H3,(H,25,27)/t24-/m1/s1. The predicted octanol–water partition coefficient (Wildman–Crippen LogP) is 4.03. The highest BCUT2D eigenvalue weighted by Gasteiger charge is 2.18. The van der Waals surface area contributed by atoms with E-state index in [4.69, 9.17) is 4.74 Å². The van der Waals surface area contributed by atoms with Crippen molar-refractivity contribution in [1.29, 1.82) is 0 Å². The molecule has 0 saturated carbocycles. The maximum atomic E-state index is 12.7. The Hall–Kier alpha value is -3.11. The smallest absolute Gasteiger partial charge is 0.234 e. The average molecular weight is 374 g/mol. The van der Waals surface area contributed by atoms with Crippen LogP contribution in [0.5, 0.6) is 5.75 Å². The fourth-order valence-corrected chi connectivity index (χ4v) is 3.20. The molecule has 0 unspecified atom stereocenters. The zero-order chi connectivity index (χ0) is 19.8. The number of carbonyl (C=O) groups is 1. The molecule has 0 radical (unpaired) electrons. The number of amides is 1. The van der Waals surface area contributed by atoms with Crippen molar-refractivity contribution in [2.45, 2.75) is 12.6 Å². The molecule has 0 fully saturated rings. The van der Waals surface area contributed by atoms with Crippen molar-refractivity contribution < 1.29 is 9.53 Å². The summed E-state index contributed by atoms with van der Waals surface area (Å²) in [6.45, 7) is 1.06. The average Bonchev–Trinajstić information content (AvgIpc) is 2.73. The molecular weight excluding hydrogens is 348 g/mol. The normalized spacial score (nSPS) is 11.8. The van der Waals surface area contributed by atoms with E-state index in [0.717, 1.165) is 23.4 Å². The van der Waals surface area contributed by atoms with Gasteiger partial charge in [0.15, 0.2) is 0 Å². The van der Waals surface area contributed by atoms with Gasteiger partial charge < -0.3 is 10.1 Å². The second kappa shape index (κ2) is 9.72. The Balaban J connectivity index is 1.70. The highest BCUT2D eigenvalue weighted by atomic mass is 16.5. The number of benzene rings is 3. The van der Waals surface area contributed by atoms with Crippen molar-refractivity contribution in [2.75, 3.05) is 20.7 Å². The maximum Gasteiger partial charge on any atom is 0.234 e. The molecule has 28 heavy (non-hydrogen) atoms. The molecule has 1 atom stereocenters. The Kier molecular flexibility index (Phi) is 6.82. The van der Waals surface area contributed by atoms with Gasteiger partial charge in [-0.3, -0.25) is 9.69 Å².